The molecular formula is C12H14N4O3. The van der Waals surface area contributed by atoms with Crippen molar-refractivity contribution < 1.29 is 9.45 Å². The fraction of sp³-hybridized carbons (Fsp3) is 0.333. The average molecular weight is 262 g/mol. The lowest BCUT2D eigenvalue weighted by molar-refractivity contribution is -0.384. The monoisotopic (exact) mass is 262 g/mol. The third kappa shape index (κ3) is 3.35. The number of non-ortho nitro benzene ring substituents is 1. The van der Waals surface area contributed by atoms with Crippen LogP contribution in [0.4, 0.5) is 5.69 Å². The highest BCUT2D eigenvalue weighted by molar-refractivity contribution is 5.58. The molecule has 0 amide bonds. The molecule has 1 heterocycles. The zero-order chi connectivity index (χ0) is 13.7. The Morgan fingerprint density at radius 1 is 1.47 bits per heavy atom. The number of rotatable bonds is 6. The lowest BCUT2D eigenvalue weighted by atomic mass is 10.2. The van der Waals surface area contributed by atoms with E-state index < -0.39 is 4.92 Å². The Kier molecular flexibility index (Phi) is 4.19. The minimum absolute atomic E-state index is 0.0130. The van der Waals surface area contributed by atoms with E-state index in [0.29, 0.717) is 23.7 Å². The number of nitrogens with zero attached hydrogens (tertiary/aromatic N) is 3. The van der Waals surface area contributed by atoms with E-state index in [4.69, 9.17) is 4.52 Å². The van der Waals surface area contributed by atoms with E-state index in [2.05, 4.69) is 15.5 Å². The van der Waals surface area contributed by atoms with Crippen LogP contribution >= 0.6 is 0 Å². The standard InChI is InChI=1S/C12H14N4O3/c1-13-7-3-6-11-14-12(15-19-11)9-4-2-5-10(8-9)16(17)18/h2,4-5,8,13H,3,6-7H2,1H3. The normalized spacial score (nSPS) is 10.6. The van der Waals surface area contributed by atoms with Gasteiger partial charge in [0.15, 0.2) is 0 Å². The highest BCUT2D eigenvalue weighted by Crippen LogP contribution is 2.21. The molecule has 1 aromatic carbocycles. The molecular weight excluding hydrogens is 248 g/mol. The van der Waals surface area contributed by atoms with Gasteiger partial charge in [0.25, 0.3) is 5.69 Å². The van der Waals surface area contributed by atoms with E-state index in [1.54, 1.807) is 12.1 Å². The summed E-state index contributed by atoms with van der Waals surface area (Å²) in [6.07, 6.45) is 1.58. The van der Waals surface area contributed by atoms with Gasteiger partial charge in [-0.25, -0.2) is 0 Å². The summed E-state index contributed by atoms with van der Waals surface area (Å²) in [5.74, 6) is 0.917. The Morgan fingerprint density at radius 2 is 2.32 bits per heavy atom. The van der Waals surface area contributed by atoms with Gasteiger partial charge in [0.1, 0.15) is 0 Å². The topological polar surface area (TPSA) is 94.1 Å². The van der Waals surface area contributed by atoms with Crippen molar-refractivity contribution in [3.8, 4) is 11.4 Å². The van der Waals surface area contributed by atoms with Gasteiger partial charge in [-0.3, -0.25) is 10.1 Å². The third-order valence-corrected chi connectivity index (χ3v) is 2.60. The van der Waals surface area contributed by atoms with Gasteiger partial charge in [-0.2, -0.15) is 4.98 Å². The first-order valence-corrected chi connectivity index (χ1v) is 5.92. The Labute approximate surface area is 109 Å². The molecule has 0 spiro atoms. The number of aryl methyl sites for hydroxylation is 1. The van der Waals surface area contributed by atoms with Crippen molar-refractivity contribution in [2.24, 2.45) is 0 Å². The minimum Gasteiger partial charge on any atom is -0.339 e. The molecule has 2 aromatic rings. The molecule has 7 heteroatoms. The molecule has 0 unspecified atom stereocenters. The zero-order valence-electron chi connectivity index (χ0n) is 10.5. The van der Waals surface area contributed by atoms with E-state index in [0.717, 1.165) is 13.0 Å². The van der Waals surface area contributed by atoms with Gasteiger partial charge in [0, 0.05) is 24.1 Å². The van der Waals surface area contributed by atoms with Crippen LogP contribution in [0.5, 0.6) is 0 Å². The first-order valence-electron chi connectivity index (χ1n) is 5.92. The summed E-state index contributed by atoms with van der Waals surface area (Å²) in [4.78, 5) is 14.5. The van der Waals surface area contributed by atoms with Crippen molar-refractivity contribution >= 4 is 5.69 Å². The third-order valence-electron chi connectivity index (χ3n) is 2.60. The molecule has 0 aliphatic heterocycles. The van der Waals surface area contributed by atoms with Crippen LogP contribution in [0.25, 0.3) is 11.4 Å². The number of nitro benzene ring substituents is 1. The maximum Gasteiger partial charge on any atom is 0.270 e. The van der Waals surface area contributed by atoms with Crippen LogP contribution in [0.2, 0.25) is 0 Å². The van der Waals surface area contributed by atoms with E-state index >= 15 is 0 Å². The van der Waals surface area contributed by atoms with Gasteiger partial charge in [-0.15, -0.1) is 0 Å². The SMILES string of the molecule is CNCCCc1nc(-c2cccc([N+](=O)[O-])c2)no1. The Morgan fingerprint density at radius 3 is 3.05 bits per heavy atom. The number of aromatic nitrogens is 2. The molecule has 1 aromatic heterocycles. The van der Waals surface area contributed by atoms with Crippen LogP contribution < -0.4 is 5.32 Å². The molecule has 0 aliphatic rings. The van der Waals surface area contributed by atoms with Crippen LogP contribution in [0, 0.1) is 10.1 Å². The summed E-state index contributed by atoms with van der Waals surface area (Å²) in [6.45, 7) is 0.870. The van der Waals surface area contributed by atoms with Gasteiger partial charge >= 0.3 is 0 Å². The number of hydrogen-bond donors (Lipinski definition) is 1. The van der Waals surface area contributed by atoms with Crippen molar-refractivity contribution in [1.29, 1.82) is 0 Å². The van der Waals surface area contributed by atoms with Crippen molar-refractivity contribution in [2.75, 3.05) is 13.6 Å². The van der Waals surface area contributed by atoms with Crippen LogP contribution in [-0.2, 0) is 6.42 Å². The summed E-state index contributed by atoms with van der Waals surface area (Å²) in [7, 11) is 1.88. The van der Waals surface area contributed by atoms with Gasteiger partial charge < -0.3 is 9.84 Å². The lowest BCUT2D eigenvalue weighted by Gasteiger charge is -1.95. The smallest absolute Gasteiger partial charge is 0.270 e. The number of hydrogen-bond acceptors (Lipinski definition) is 6. The molecule has 100 valence electrons. The minimum atomic E-state index is -0.447. The molecule has 0 atom stereocenters. The molecule has 2 rings (SSSR count). The molecule has 0 fully saturated rings. The van der Waals surface area contributed by atoms with Crippen molar-refractivity contribution in [2.45, 2.75) is 12.8 Å². The summed E-state index contributed by atoms with van der Waals surface area (Å²) in [6, 6.07) is 6.18. The molecule has 0 radical (unpaired) electrons. The fourth-order valence-electron chi connectivity index (χ4n) is 1.65. The molecule has 0 aliphatic carbocycles. The Hall–Kier alpha value is -2.28. The maximum atomic E-state index is 10.7. The average Bonchev–Trinajstić information content (AvgIpc) is 2.88. The molecule has 0 bridgehead atoms. The highest BCUT2D eigenvalue weighted by atomic mass is 16.6. The van der Waals surface area contributed by atoms with E-state index in [9.17, 15) is 10.1 Å². The number of benzene rings is 1. The fourth-order valence-corrected chi connectivity index (χ4v) is 1.65. The Bertz CT molecular complexity index is 568. The van der Waals surface area contributed by atoms with Crippen LogP contribution in [0.15, 0.2) is 28.8 Å². The first kappa shape index (κ1) is 13.2. The lowest BCUT2D eigenvalue weighted by Crippen LogP contribution is -2.08. The van der Waals surface area contributed by atoms with Gasteiger partial charge in [0.2, 0.25) is 11.7 Å². The molecule has 7 nitrogen and oxygen atoms in total. The van der Waals surface area contributed by atoms with E-state index in [-0.39, 0.29) is 5.69 Å². The molecule has 19 heavy (non-hydrogen) atoms. The maximum absolute atomic E-state index is 10.7. The number of nitrogens with one attached hydrogen (secondary N) is 1. The summed E-state index contributed by atoms with van der Waals surface area (Å²) in [5, 5.41) is 17.6. The number of nitro groups is 1. The molecule has 0 saturated carbocycles. The van der Waals surface area contributed by atoms with Crippen LogP contribution in [-0.4, -0.2) is 28.7 Å². The second-order valence-corrected chi connectivity index (χ2v) is 4.03. The largest absolute Gasteiger partial charge is 0.339 e. The molecule has 0 saturated heterocycles. The first-order chi connectivity index (χ1) is 9.20. The summed E-state index contributed by atoms with van der Waals surface area (Å²) in [5.41, 5.74) is 0.594. The van der Waals surface area contributed by atoms with Gasteiger partial charge in [-0.1, -0.05) is 17.3 Å². The summed E-state index contributed by atoms with van der Waals surface area (Å²) >= 11 is 0. The van der Waals surface area contributed by atoms with E-state index in [1.807, 2.05) is 7.05 Å². The van der Waals surface area contributed by atoms with Gasteiger partial charge in [-0.05, 0) is 20.0 Å². The zero-order valence-corrected chi connectivity index (χ0v) is 10.5. The van der Waals surface area contributed by atoms with Crippen LogP contribution in [0.3, 0.4) is 0 Å². The van der Waals surface area contributed by atoms with Crippen molar-refractivity contribution in [1.82, 2.24) is 15.5 Å². The van der Waals surface area contributed by atoms with Crippen molar-refractivity contribution in [3.63, 3.8) is 0 Å². The Balaban J connectivity index is 2.13. The second kappa shape index (κ2) is 6.05. The predicted octanol–water partition coefficient (Wildman–Crippen LogP) is 1.80. The molecule has 1 N–H and O–H groups in total. The van der Waals surface area contributed by atoms with Crippen molar-refractivity contribution in [3.05, 3.63) is 40.3 Å². The summed E-state index contributed by atoms with van der Waals surface area (Å²) < 4.78 is 5.11. The van der Waals surface area contributed by atoms with E-state index in [1.165, 1.54) is 12.1 Å². The van der Waals surface area contributed by atoms with Gasteiger partial charge in [0.05, 0.1) is 4.92 Å². The van der Waals surface area contributed by atoms with Crippen LogP contribution in [0.1, 0.15) is 12.3 Å². The second-order valence-electron chi connectivity index (χ2n) is 4.03. The highest BCUT2D eigenvalue weighted by Gasteiger charge is 2.12. The quantitative estimate of drug-likeness (QED) is 0.484. The predicted molar refractivity (Wildman–Crippen MR) is 68.6 cm³/mol.